The largest absolute Gasteiger partial charge is 0.399 e. The number of aromatic nitrogens is 3. The normalized spacial score (nSPS) is 12.9. The summed E-state index contributed by atoms with van der Waals surface area (Å²) in [4.78, 5) is 26.8. The van der Waals surface area contributed by atoms with E-state index in [4.69, 9.17) is 5.73 Å². The first-order valence-corrected chi connectivity index (χ1v) is 11.8. The van der Waals surface area contributed by atoms with E-state index in [0.29, 0.717) is 39.1 Å². The van der Waals surface area contributed by atoms with Gasteiger partial charge in [0.05, 0.1) is 28.3 Å². The third-order valence-corrected chi connectivity index (χ3v) is 6.11. The minimum absolute atomic E-state index is 0.00297. The number of aryl methyl sites for hydroxylation is 2. The predicted octanol–water partition coefficient (Wildman–Crippen LogP) is 5.21. The van der Waals surface area contributed by atoms with Crippen LogP contribution in [0.3, 0.4) is 0 Å². The van der Waals surface area contributed by atoms with Gasteiger partial charge in [-0.3, -0.25) is 9.59 Å². The molecule has 3 N–H and O–H groups in total. The van der Waals surface area contributed by atoms with Gasteiger partial charge in [-0.1, -0.05) is 32.0 Å². The van der Waals surface area contributed by atoms with E-state index in [0.717, 1.165) is 18.4 Å². The van der Waals surface area contributed by atoms with Gasteiger partial charge < -0.3 is 15.6 Å². The number of nitrogens with two attached hydrogens (primary N) is 1. The molecule has 5 rings (SSSR count). The summed E-state index contributed by atoms with van der Waals surface area (Å²) < 4.78 is 17.6. The van der Waals surface area contributed by atoms with Gasteiger partial charge >= 0.3 is 0 Å². The van der Waals surface area contributed by atoms with Gasteiger partial charge in [0.2, 0.25) is 0 Å². The van der Waals surface area contributed by atoms with Crippen LogP contribution in [0.15, 0.2) is 52.1 Å². The van der Waals surface area contributed by atoms with Gasteiger partial charge in [0.1, 0.15) is 11.5 Å². The van der Waals surface area contributed by atoms with Gasteiger partial charge in [0.25, 0.3) is 11.1 Å². The highest BCUT2D eigenvalue weighted by Crippen LogP contribution is 2.37. The molecule has 0 radical (unpaired) electrons. The van der Waals surface area contributed by atoms with Crippen molar-refractivity contribution in [1.82, 2.24) is 14.3 Å². The highest BCUT2D eigenvalue weighted by molar-refractivity contribution is 6.00. The molecule has 0 atom stereocenters. The fourth-order valence-corrected chi connectivity index (χ4v) is 4.19. The SMILES string of the molecule is CC.Cc1ccc(Nc2c(C)c(=O)n(C)c3c(-c4cccc(N)c4)nn(C4CC4)c(=O)c23)c(F)c1. The molecule has 0 bridgehead atoms. The maximum absolute atomic E-state index is 14.7. The van der Waals surface area contributed by atoms with Gasteiger partial charge in [-0.15, -0.1) is 0 Å². The van der Waals surface area contributed by atoms with Crippen molar-refractivity contribution in [3.63, 3.8) is 0 Å². The third-order valence-electron chi connectivity index (χ3n) is 6.11. The Bertz CT molecular complexity index is 1550. The molecular weight excluding hydrogens is 445 g/mol. The second-order valence-electron chi connectivity index (χ2n) is 8.65. The molecule has 0 saturated heterocycles. The molecule has 4 aromatic rings. The Kier molecular flexibility index (Phi) is 6.47. The molecule has 1 saturated carbocycles. The Balaban J connectivity index is 0.00000141. The van der Waals surface area contributed by atoms with Gasteiger partial charge in [-0.2, -0.15) is 5.10 Å². The summed E-state index contributed by atoms with van der Waals surface area (Å²) in [6.07, 6.45) is 1.71. The number of hydrogen-bond donors (Lipinski definition) is 2. The number of nitrogen functional groups attached to an aromatic ring is 1. The molecule has 1 aliphatic carbocycles. The maximum Gasteiger partial charge on any atom is 0.278 e. The van der Waals surface area contributed by atoms with Crippen molar-refractivity contribution in [3.8, 4) is 11.3 Å². The van der Waals surface area contributed by atoms with E-state index in [1.165, 1.54) is 15.3 Å². The van der Waals surface area contributed by atoms with Crippen LogP contribution < -0.4 is 22.2 Å². The fraction of sp³-hybridized carbons (Fsp3) is 0.296. The Morgan fingerprint density at radius 2 is 1.77 bits per heavy atom. The highest BCUT2D eigenvalue weighted by atomic mass is 19.1. The molecule has 1 fully saturated rings. The molecule has 0 amide bonds. The monoisotopic (exact) mass is 475 g/mol. The van der Waals surface area contributed by atoms with E-state index in [2.05, 4.69) is 10.4 Å². The maximum atomic E-state index is 14.7. The van der Waals surface area contributed by atoms with Crippen molar-refractivity contribution in [2.75, 3.05) is 11.1 Å². The van der Waals surface area contributed by atoms with E-state index in [9.17, 15) is 14.0 Å². The van der Waals surface area contributed by atoms with Gasteiger partial charge in [0, 0.05) is 23.9 Å². The molecule has 2 aromatic carbocycles. The van der Waals surface area contributed by atoms with E-state index in [1.807, 2.05) is 19.9 Å². The quantitative estimate of drug-likeness (QED) is 0.395. The second-order valence-corrected chi connectivity index (χ2v) is 8.65. The Morgan fingerprint density at radius 1 is 1.06 bits per heavy atom. The number of rotatable bonds is 4. The zero-order valence-electron chi connectivity index (χ0n) is 20.6. The minimum Gasteiger partial charge on any atom is -0.399 e. The number of fused-ring (bicyclic) bond motifs is 1. The second kappa shape index (κ2) is 9.37. The smallest absolute Gasteiger partial charge is 0.278 e. The highest BCUT2D eigenvalue weighted by Gasteiger charge is 2.30. The summed E-state index contributed by atoms with van der Waals surface area (Å²) in [6.45, 7) is 7.43. The molecular formula is C27H30FN5O2. The lowest BCUT2D eigenvalue weighted by atomic mass is 10.0. The minimum atomic E-state index is -0.462. The summed E-state index contributed by atoms with van der Waals surface area (Å²) in [5.74, 6) is -0.462. The molecule has 0 aliphatic heterocycles. The van der Waals surface area contributed by atoms with E-state index in [1.54, 1.807) is 51.2 Å². The Labute approximate surface area is 203 Å². The van der Waals surface area contributed by atoms with Crippen LogP contribution in [0.5, 0.6) is 0 Å². The van der Waals surface area contributed by atoms with Crippen LogP contribution in [0.4, 0.5) is 21.5 Å². The topological polar surface area (TPSA) is 94.9 Å². The van der Waals surface area contributed by atoms with Crippen molar-refractivity contribution < 1.29 is 4.39 Å². The first-order valence-electron chi connectivity index (χ1n) is 11.8. The summed E-state index contributed by atoms with van der Waals surface area (Å²) >= 11 is 0. The zero-order valence-corrected chi connectivity index (χ0v) is 20.6. The lowest BCUT2D eigenvalue weighted by molar-refractivity contribution is 0.607. The summed E-state index contributed by atoms with van der Waals surface area (Å²) in [6, 6.07) is 12.0. The van der Waals surface area contributed by atoms with Crippen molar-refractivity contribution in [2.24, 2.45) is 7.05 Å². The van der Waals surface area contributed by atoms with E-state index >= 15 is 0 Å². The van der Waals surface area contributed by atoms with Crippen LogP contribution in [-0.4, -0.2) is 14.3 Å². The van der Waals surface area contributed by atoms with Crippen LogP contribution >= 0.6 is 0 Å². The summed E-state index contributed by atoms with van der Waals surface area (Å²) in [5, 5.41) is 8.01. The van der Waals surface area contributed by atoms with Crippen molar-refractivity contribution in [2.45, 2.75) is 46.6 Å². The number of nitrogens with one attached hydrogen (secondary N) is 1. The van der Waals surface area contributed by atoms with Crippen molar-refractivity contribution in [1.29, 1.82) is 0 Å². The Hall–Kier alpha value is -3.94. The van der Waals surface area contributed by atoms with Crippen LogP contribution in [-0.2, 0) is 7.05 Å². The number of pyridine rings is 1. The first-order chi connectivity index (χ1) is 16.8. The lowest BCUT2D eigenvalue weighted by Crippen LogP contribution is -2.29. The average molecular weight is 476 g/mol. The molecule has 2 heterocycles. The number of nitrogens with zero attached hydrogens (tertiary/aromatic N) is 3. The van der Waals surface area contributed by atoms with Gasteiger partial charge in [0.15, 0.2) is 0 Å². The Morgan fingerprint density at radius 3 is 2.40 bits per heavy atom. The zero-order chi connectivity index (χ0) is 25.4. The molecule has 7 nitrogen and oxygen atoms in total. The van der Waals surface area contributed by atoms with E-state index in [-0.39, 0.29) is 22.8 Å². The lowest BCUT2D eigenvalue weighted by Gasteiger charge is -2.19. The van der Waals surface area contributed by atoms with E-state index < -0.39 is 5.82 Å². The number of benzene rings is 2. The first kappa shape index (κ1) is 24.2. The molecule has 0 spiro atoms. The van der Waals surface area contributed by atoms with Crippen molar-refractivity contribution >= 4 is 28.0 Å². The van der Waals surface area contributed by atoms with Gasteiger partial charge in [-0.25, -0.2) is 9.07 Å². The molecule has 8 heteroatoms. The summed E-state index contributed by atoms with van der Waals surface area (Å²) in [5.41, 5.74) is 9.10. The molecule has 35 heavy (non-hydrogen) atoms. The standard InChI is InChI=1S/C25H24FN5O2.C2H6/c1-13-7-10-19(18(26)11-13)28-21-14(2)24(32)30(3)23-20(21)25(33)31(17-8-9-17)29-22(23)15-5-4-6-16(27)12-15;1-2/h4-7,10-12,17,28H,8-9,27H2,1-3H3;1-2H3. The molecule has 0 unspecified atom stereocenters. The number of anilines is 3. The van der Waals surface area contributed by atoms with Crippen LogP contribution in [0.1, 0.15) is 43.9 Å². The average Bonchev–Trinajstić information content (AvgIpc) is 3.68. The molecule has 2 aromatic heterocycles. The molecule has 1 aliphatic rings. The third kappa shape index (κ3) is 4.32. The van der Waals surface area contributed by atoms with Crippen LogP contribution in [0.25, 0.3) is 22.2 Å². The van der Waals surface area contributed by atoms with Crippen molar-refractivity contribution in [3.05, 3.63) is 80.1 Å². The fourth-order valence-electron chi connectivity index (χ4n) is 4.19. The molecule has 182 valence electrons. The number of hydrogen-bond acceptors (Lipinski definition) is 5. The summed E-state index contributed by atoms with van der Waals surface area (Å²) in [7, 11) is 1.62. The van der Waals surface area contributed by atoms with Crippen LogP contribution in [0, 0.1) is 19.7 Å². The van der Waals surface area contributed by atoms with Gasteiger partial charge in [-0.05, 0) is 56.5 Å². The number of halogens is 1. The predicted molar refractivity (Wildman–Crippen MR) is 140 cm³/mol. The van der Waals surface area contributed by atoms with Crippen LogP contribution in [0.2, 0.25) is 0 Å².